The number of rotatable bonds is 10. The van der Waals surface area contributed by atoms with Crippen LogP contribution in [0.5, 0.6) is 5.75 Å². The number of unbranched alkanes of at least 4 members (excludes halogenated alkanes) is 1. The lowest BCUT2D eigenvalue weighted by Gasteiger charge is -2.37. The van der Waals surface area contributed by atoms with Crippen LogP contribution in [0, 0.1) is 6.92 Å². The average molecular weight is 500 g/mol. The molecule has 2 rings (SSSR count). The van der Waals surface area contributed by atoms with Gasteiger partial charge in [-0.3, -0.25) is 0 Å². The van der Waals surface area contributed by atoms with E-state index in [-0.39, 0.29) is 22.8 Å². The molecule has 35 heavy (non-hydrogen) atoms. The molecule has 3 nitrogen and oxygen atoms in total. The molecule has 196 valence electrons. The normalized spacial score (nSPS) is 14.4. The summed E-state index contributed by atoms with van der Waals surface area (Å²) in [6.07, 6.45) is 3.47. The van der Waals surface area contributed by atoms with Gasteiger partial charge in [0.25, 0.3) is 0 Å². The maximum Gasteiger partial charge on any atom is 0.188 e. The number of nitrogens with zero attached hydrogens (tertiary/aromatic N) is 1. The van der Waals surface area contributed by atoms with Crippen molar-refractivity contribution < 1.29 is 9.47 Å². The van der Waals surface area contributed by atoms with Gasteiger partial charge in [-0.25, -0.2) is 0 Å². The molecule has 0 radical (unpaired) electrons. The minimum atomic E-state index is -0.0552. The molecule has 0 aliphatic carbocycles. The second-order valence-electron chi connectivity index (χ2n) is 12.4. The lowest BCUT2D eigenvalue weighted by molar-refractivity contribution is 0.0486. The van der Waals surface area contributed by atoms with Crippen LogP contribution >= 0.6 is 8.58 Å². The molecule has 0 N–H and O–H groups in total. The largest absolute Gasteiger partial charge is 0.467 e. The zero-order valence-corrected chi connectivity index (χ0v) is 25.5. The van der Waals surface area contributed by atoms with E-state index in [4.69, 9.17) is 9.47 Å². The zero-order chi connectivity index (χ0) is 26.6. The van der Waals surface area contributed by atoms with E-state index >= 15 is 0 Å². The Morgan fingerprint density at radius 1 is 0.886 bits per heavy atom. The first-order valence-corrected chi connectivity index (χ1v) is 14.0. The van der Waals surface area contributed by atoms with E-state index in [2.05, 4.69) is 112 Å². The minimum Gasteiger partial charge on any atom is -0.467 e. The maximum atomic E-state index is 6.44. The van der Waals surface area contributed by atoms with E-state index in [1.807, 2.05) is 0 Å². The quantitative estimate of drug-likeness (QED) is 0.244. The third-order valence-corrected chi connectivity index (χ3v) is 8.52. The number of benzene rings is 2. The van der Waals surface area contributed by atoms with Crippen LogP contribution in [0.1, 0.15) is 96.9 Å². The van der Waals surface area contributed by atoms with Crippen molar-refractivity contribution in [1.29, 1.82) is 0 Å². The number of hydrogen-bond acceptors (Lipinski definition) is 3. The molecule has 0 aromatic heterocycles. The third kappa shape index (κ3) is 7.46. The number of aryl methyl sites for hydroxylation is 1. The SMILES string of the molecule is CCCCC(C)(Pc1ccc(C)cc1N(C)C)c1cc(C(C)(C)C)cc(C(C)(C)C)c1OCOC. The highest BCUT2D eigenvalue weighted by Crippen LogP contribution is 2.52. The summed E-state index contributed by atoms with van der Waals surface area (Å²) in [7, 11) is 6.62. The second-order valence-corrected chi connectivity index (χ2v) is 14.3. The topological polar surface area (TPSA) is 21.7 Å². The molecule has 0 aliphatic rings. The van der Waals surface area contributed by atoms with Crippen molar-refractivity contribution in [1.82, 2.24) is 0 Å². The first-order chi connectivity index (χ1) is 16.1. The standard InChI is InChI=1S/C31H50NO2P/c1-13-14-17-31(9,35-27-16-15-22(2)18-26(27)32(10)11)25-20-23(29(3,4)5)19-24(30(6,7)8)28(25)34-21-33-12/h15-16,18-20,35H,13-14,17,21H2,1-12H3. The predicted octanol–water partition coefficient (Wildman–Crippen LogP) is 8.05. The van der Waals surface area contributed by atoms with Gasteiger partial charge in [-0.15, -0.1) is 0 Å². The van der Waals surface area contributed by atoms with Gasteiger partial charge in [-0.1, -0.05) is 101 Å². The van der Waals surface area contributed by atoms with Crippen LogP contribution in [0.3, 0.4) is 0 Å². The molecule has 2 aromatic rings. The molecule has 0 heterocycles. The molecule has 2 aromatic carbocycles. The highest BCUT2D eigenvalue weighted by Gasteiger charge is 2.36. The third-order valence-electron chi connectivity index (χ3n) is 6.75. The van der Waals surface area contributed by atoms with E-state index in [9.17, 15) is 0 Å². The van der Waals surface area contributed by atoms with Gasteiger partial charge in [-0.05, 0) is 46.7 Å². The molecule has 0 amide bonds. The average Bonchev–Trinajstić information content (AvgIpc) is 2.75. The van der Waals surface area contributed by atoms with E-state index in [0.717, 1.165) is 12.2 Å². The number of hydrogen-bond donors (Lipinski definition) is 0. The number of anilines is 1. The van der Waals surface area contributed by atoms with Crippen LogP contribution in [0.4, 0.5) is 5.69 Å². The molecular weight excluding hydrogens is 449 g/mol. The lowest BCUT2D eigenvalue weighted by Crippen LogP contribution is -2.27. The van der Waals surface area contributed by atoms with Crippen molar-refractivity contribution in [3.63, 3.8) is 0 Å². The maximum absolute atomic E-state index is 6.44. The summed E-state index contributed by atoms with van der Waals surface area (Å²) in [6.45, 7) is 21.0. The highest BCUT2D eigenvalue weighted by atomic mass is 31.1. The monoisotopic (exact) mass is 499 g/mol. The summed E-state index contributed by atoms with van der Waals surface area (Å²) in [5.74, 6) is 1.01. The summed E-state index contributed by atoms with van der Waals surface area (Å²) in [4.78, 5) is 2.25. The fraction of sp³-hybridized carbons (Fsp3) is 0.613. The van der Waals surface area contributed by atoms with Gasteiger partial charge >= 0.3 is 0 Å². The first-order valence-electron chi connectivity index (χ1n) is 13.0. The van der Waals surface area contributed by atoms with Crippen LogP contribution in [0.15, 0.2) is 30.3 Å². The smallest absolute Gasteiger partial charge is 0.188 e. The van der Waals surface area contributed by atoms with Crippen LogP contribution in [-0.2, 0) is 20.7 Å². The summed E-state index contributed by atoms with van der Waals surface area (Å²) in [6, 6.07) is 11.7. The predicted molar refractivity (Wildman–Crippen MR) is 157 cm³/mol. The summed E-state index contributed by atoms with van der Waals surface area (Å²) in [5, 5.41) is 1.36. The molecular formula is C31H50NO2P. The van der Waals surface area contributed by atoms with Gasteiger partial charge in [0.2, 0.25) is 0 Å². The van der Waals surface area contributed by atoms with Crippen molar-refractivity contribution in [2.75, 3.05) is 32.9 Å². The Labute approximate surface area is 217 Å². The van der Waals surface area contributed by atoms with Gasteiger partial charge in [0, 0.05) is 43.2 Å². The zero-order valence-electron chi connectivity index (χ0n) is 24.5. The number of ether oxygens (including phenoxy) is 2. The molecule has 4 heteroatoms. The Hall–Kier alpha value is -1.57. The Balaban J connectivity index is 2.87. The van der Waals surface area contributed by atoms with Crippen LogP contribution in [-0.4, -0.2) is 28.0 Å². The second kappa shape index (κ2) is 11.7. The van der Waals surface area contributed by atoms with Crippen molar-refractivity contribution in [3.8, 4) is 5.75 Å². The van der Waals surface area contributed by atoms with Crippen LogP contribution in [0.25, 0.3) is 0 Å². The Bertz CT molecular complexity index is 985. The minimum absolute atomic E-state index is 0.0436. The Morgan fingerprint density at radius 2 is 1.51 bits per heavy atom. The van der Waals surface area contributed by atoms with Crippen molar-refractivity contribution in [3.05, 3.63) is 52.6 Å². The van der Waals surface area contributed by atoms with Gasteiger partial charge < -0.3 is 14.4 Å². The molecule has 0 saturated heterocycles. The van der Waals surface area contributed by atoms with E-state index in [0.29, 0.717) is 8.58 Å². The molecule has 2 unspecified atom stereocenters. The Morgan fingerprint density at radius 3 is 2.03 bits per heavy atom. The van der Waals surface area contributed by atoms with Gasteiger partial charge in [0.15, 0.2) is 6.79 Å². The first kappa shape index (κ1) is 29.7. The molecule has 0 spiro atoms. The molecule has 2 atom stereocenters. The van der Waals surface area contributed by atoms with Gasteiger partial charge in [-0.2, -0.15) is 0 Å². The van der Waals surface area contributed by atoms with Crippen molar-refractivity contribution in [2.45, 2.75) is 97.6 Å². The lowest BCUT2D eigenvalue weighted by atomic mass is 9.76. The molecule has 0 aliphatic heterocycles. The van der Waals surface area contributed by atoms with Crippen LogP contribution in [0.2, 0.25) is 0 Å². The fourth-order valence-electron chi connectivity index (χ4n) is 4.51. The van der Waals surface area contributed by atoms with E-state index in [1.165, 1.54) is 46.1 Å². The van der Waals surface area contributed by atoms with Crippen LogP contribution < -0.4 is 14.9 Å². The van der Waals surface area contributed by atoms with Crippen molar-refractivity contribution >= 4 is 19.6 Å². The fourth-order valence-corrected chi connectivity index (χ4v) is 6.32. The van der Waals surface area contributed by atoms with Gasteiger partial charge in [0.1, 0.15) is 5.75 Å². The summed E-state index contributed by atoms with van der Waals surface area (Å²) in [5.41, 5.74) is 6.56. The summed E-state index contributed by atoms with van der Waals surface area (Å²) >= 11 is 0. The molecule has 0 saturated carbocycles. The molecule has 0 bridgehead atoms. The highest BCUT2D eigenvalue weighted by molar-refractivity contribution is 7.49. The van der Waals surface area contributed by atoms with Crippen molar-refractivity contribution in [2.24, 2.45) is 0 Å². The molecule has 0 fully saturated rings. The Kier molecular flexibility index (Phi) is 9.88. The van der Waals surface area contributed by atoms with Gasteiger partial charge in [0.05, 0.1) is 0 Å². The summed E-state index contributed by atoms with van der Waals surface area (Å²) < 4.78 is 11.9. The number of methoxy groups -OCH3 is 1. The van der Waals surface area contributed by atoms with E-state index in [1.54, 1.807) is 7.11 Å². The van der Waals surface area contributed by atoms with E-state index < -0.39 is 0 Å².